The summed E-state index contributed by atoms with van der Waals surface area (Å²) >= 11 is 0. The molecule has 0 heterocycles. The maximum Gasteiger partial charge on any atom is 0.306 e. The molecule has 0 aliphatic rings. The monoisotopic (exact) mass is 1010 g/mol. The van der Waals surface area contributed by atoms with E-state index in [9.17, 15) is 14.4 Å². The van der Waals surface area contributed by atoms with E-state index >= 15 is 0 Å². The van der Waals surface area contributed by atoms with Crippen LogP contribution in [0.1, 0.15) is 335 Å². The van der Waals surface area contributed by atoms with E-state index in [0.29, 0.717) is 19.3 Å². The molecule has 1 unspecified atom stereocenters. The Hall–Kier alpha value is -2.63. The van der Waals surface area contributed by atoms with Gasteiger partial charge in [-0.15, -0.1) is 0 Å². The molecule has 0 aliphatic carbocycles. The molecule has 0 aromatic rings. The van der Waals surface area contributed by atoms with Crippen molar-refractivity contribution in [1.29, 1.82) is 0 Å². The minimum Gasteiger partial charge on any atom is -0.462 e. The largest absolute Gasteiger partial charge is 0.462 e. The molecular formula is C66H120O6. The van der Waals surface area contributed by atoms with Crippen LogP contribution >= 0.6 is 0 Å². The number of esters is 3. The Labute approximate surface area is 448 Å². The zero-order valence-corrected chi connectivity index (χ0v) is 48.2. The van der Waals surface area contributed by atoms with Crippen LogP contribution in [0.25, 0.3) is 0 Å². The number of ether oxygens (including phenoxy) is 3. The van der Waals surface area contributed by atoms with Crippen LogP contribution in [0.5, 0.6) is 0 Å². The Balaban J connectivity index is 4.26. The van der Waals surface area contributed by atoms with Gasteiger partial charge < -0.3 is 14.2 Å². The molecule has 420 valence electrons. The quantitative estimate of drug-likeness (QED) is 0.0261. The van der Waals surface area contributed by atoms with E-state index < -0.39 is 6.10 Å². The highest BCUT2D eigenvalue weighted by Crippen LogP contribution is 2.17. The fourth-order valence-electron chi connectivity index (χ4n) is 9.34. The van der Waals surface area contributed by atoms with Gasteiger partial charge in [0.1, 0.15) is 13.2 Å². The predicted octanol–water partition coefficient (Wildman–Crippen LogP) is 21.4. The van der Waals surface area contributed by atoms with Crippen molar-refractivity contribution in [3.63, 3.8) is 0 Å². The summed E-state index contributed by atoms with van der Waals surface area (Å²) in [5.41, 5.74) is 0. The normalized spacial score (nSPS) is 12.3. The van der Waals surface area contributed by atoms with Gasteiger partial charge in [0.05, 0.1) is 0 Å². The van der Waals surface area contributed by atoms with Gasteiger partial charge in [0.15, 0.2) is 6.10 Å². The number of unbranched alkanes of at least 4 members (excludes halogenated alkanes) is 39. The first-order chi connectivity index (χ1) is 35.5. The number of hydrogen-bond acceptors (Lipinski definition) is 6. The van der Waals surface area contributed by atoms with Gasteiger partial charge in [-0.2, -0.15) is 0 Å². The van der Waals surface area contributed by atoms with Crippen molar-refractivity contribution in [2.75, 3.05) is 13.2 Å². The Morgan fingerprint density at radius 3 is 0.875 bits per heavy atom. The molecular weight excluding hydrogens is 889 g/mol. The summed E-state index contributed by atoms with van der Waals surface area (Å²) in [5, 5.41) is 0. The summed E-state index contributed by atoms with van der Waals surface area (Å²) in [7, 11) is 0. The third-order valence-corrected chi connectivity index (χ3v) is 14.1. The van der Waals surface area contributed by atoms with Crippen LogP contribution in [-0.4, -0.2) is 37.2 Å². The second-order valence-electron chi connectivity index (χ2n) is 21.3. The summed E-state index contributed by atoms with van der Waals surface area (Å²) in [6.45, 7) is 6.55. The van der Waals surface area contributed by atoms with Crippen LogP contribution < -0.4 is 0 Å². The van der Waals surface area contributed by atoms with Crippen LogP contribution in [0.2, 0.25) is 0 Å². The SMILES string of the molecule is CC/C=C\C/C=C\C/C=C\CCCCCCCCCC(=O)OC(COC(=O)CCCCCCC/C=C\CCCCCC)COC(=O)CCCCCCCCCCCCCCCCCCCCCCCCCC. The molecule has 0 N–H and O–H groups in total. The van der Waals surface area contributed by atoms with Crippen LogP contribution in [-0.2, 0) is 28.6 Å². The van der Waals surface area contributed by atoms with Gasteiger partial charge in [-0.3, -0.25) is 14.4 Å². The van der Waals surface area contributed by atoms with Gasteiger partial charge in [-0.05, 0) is 77.0 Å². The summed E-state index contributed by atoms with van der Waals surface area (Å²) < 4.78 is 16.9. The van der Waals surface area contributed by atoms with Crippen LogP contribution in [0.4, 0.5) is 0 Å². The first-order valence-electron chi connectivity index (χ1n) is 31.6. The van der Waals surface area contributed by atoms with Gasteiger partial charge in [0.2, 0.25) is 0 Å². The van der Waals surface area contributed by atoms with E-state index in [1.54, 1.807) is 0 Å². The zero-order valence-electron chi connectivity index (χ0n) is 48.2. The lowest BCUT2D eigenvalue weighted by Gasteiger charge is -2.18. The molecule has 1 atom stereocenters. The minimum absolute atomic E-state index is 0.0764. The summed E-state index contributed by atoms with van der Waals surface area (Å²) in [6, 6.07) is 0. The molecule has 6 nitrogen and oxygen atoms in total. The second kappa shape index (κ2) is 60.9. The van der Waals surface area contributed by atoms with Gasteiger partial charge in [0.25, 0.3) is 0 Å². The fraction of sp³-hybridized carbons (Fsp3) is 0.833. The highest BCUT2D eigenvalue weighted by molar-refractivity contribution is 5.71. The van der Waals surface area contributed by atoms with Crippen LogP contribution in [0.15, 0.2) is 48.6 Å². The smallest absolute Gasteiger partial charge is 0.306 e. The number of allylic oxidation sites excluding steroid dienone is 8. The first kappa shape index (κ1) is 69.4. The van der Waals surface area contributed by atoms with E-state index in [4.69, 9.17) is 14.2 Å². The summed E-state index contributed by atoms with van der Waals surface area (Å²) in [6.07, 6.45) is 75.5. The molecule has 0 spiro atoms. The molecule has 72 heavy (non-hydrogen) atoms. The van der Waals surface area contributed by atoms with Gasteiger partial charge >= 0.3 is 17.9 Å². The van der Waals surface area contributed by atoms with Crippen molar-refractivity contribution in [2.45, 2.75) is 341 Å². The summed E-state index contributed by atoms with van der Waals surface area (Å²) in [5.74, 6) is -0.877. The predicted molar refractivity (Wildman–Crippen MR) is 312 cm³/mol. The molecule has 0 amide bonds. The number of rotatable bonds is 58. The first-order valence-corrected chi connectivity index (χ1v) is 31.6. The average molecular weight is 1010 g/mol. The van der Waals surface area contributed by atoms with Crippen molar-refractivity contribution in [3.8, 4) is 0 Å². The molecule has 0 bridgehead atoms. The molecule has 0 saturated carbocycles. The van der Waals surface area contributed by atoms with Crippen LogP contribution in [0, 0.1) is 0 Å². The number of carbonyl (C=O) groups is 3. The molecule has 0 saturated heterocycles. The maximum absolute atomic E-state index is 12.9. The van der Waals surface area contributed by atoms with Gasteiger partial charge in [-0.25, -0.2) is 0 Å². The molecule has 0 radical (unpaired) electrons. The average Bonchev–Trinajstić information content (AvgIpc) is 3.38. The van der Waals surface area contributed by atoms with E-state index in [1.807, 2.05) is 0 Å². The number of carbonyl (C=O) groups excluding carboxylic acids is 3. The third kappa shape index (κ3) is 58.3. The van der Waals surface area contributed by atoms with E-state index in [-0.39, 0.29) is 31.1 Å². The van der Waals surface area contributed by atoms with Crippen molar-refractivity contribution < 1.29 is 28.6 Å². The standard InChI is InChI=1S/C66H120O6/c1-4-7-10-13-16-19-22-25-27-29-30-31-32-33-34-35-37-38-41-44-47-50-53-56-59-65(68)71-62-63(61-70-64(67)58-55-52-49-46-43-40-24-21-18-15-12-9-6-3)72-66(69)60-57-54-51-48-45-42-39-36-28-26-23-20-17-14-11-8-5-2/h8,11,17,20-21,24,26,28,63H,4-7,9-10,12-16,18-19,22-23,25,27,29-62H2,1-3H3/b11-8-,20-17-,24-21-,28-26-. The molecule has 0 rings (SSSR count). The van der Waals surface area contributed by atoms with Crippen molar-refractivity contribution in [3.05, 3.63) is 48.6 Å². The second-order valence-corrected chi connectivity index (χ2v) is 21.3. The third-order valence-electron chi connectivity index (χ3n) is 14.1. The Morgan fingerprint density at radius 2 is 0.542 bits per heavy atom. The van der Waals surface area contributed by atoms with Crippen molar-refractivity contribution in [1.82, 2.24) is 0 Å². The Bertz CT molecular complexity index is 1250. The van der Waals surface area contributed by atoms with Crippen LogP contribution in [0.3, 0.4) is 0 Å². The maximum atomic E-state index is 12.9. The molecule has 0 fully saturated rings. The lowest BCUT2D eigenvalue weighted by Crippen LogP contribution is -2.30. The lowest BCUT2D eigenvalue weighted by molar-refractivity contribution is -0.167. The molecule has 0 aromatic carbocycles. The number of hydrogen-bond donors (Lipinski definition) is 0. The molecule has 0 aliphatic heterocycles. The van der Waals surface area contributed by atoms with Crippen molar-refractivity contribution in [2.24, 2.45) is 0 Å². The lowest BCUT2D eigenvalue weighted by atomic mass is 10.0. The minimum atomic E-state index is -0.780. The van der Waals surface area contributed by atoms with E-state index in [0.717, 1.165) is 89.9 Å². The zero-order chi connectivity index (χ0) is 52.2. The van der Waals surface area contributed by atoms with E-state index in [2.05, 4.69) is 69.4 Å². The molecule has 0 aromatic heterocycles. The van der Waals surface area contributed by atoms with E-state index in [1.165, 1.54) is 205 Å². The van der Waals surface area contributed by atoms with Gasteiger partial charge in [-0.1, -0.05) is 288 Å². The Kier molecular flexibility index (Phi) is 58.7. The highest BCUT2D eigenvalue weighted by atomic mass is 16.6. The highest BCUT2D eigenvalue weighted by Gasteiger charge is 2.19. The summed E-state index contributed by atoms with van der Waals surface area (Å²) in [4.78, 5) is 38.2. The topological polar surface area (TPSA) is 78.9 Å². The Morgan fingerprint density at radius 1 is 0.292 bits per heavy atom. The van der Waals surface area contributed by atoms with Crippen molar-refractivity contribution >= 4 is 17.9 Å². The molecule has 6 heteroatoms. The van der Waals surface area contributed by atoms with Gasteiger partial charge in [0, 0.05) is 19.3 Å². The fourth-order valence-corrected chi connectivity index (χ4v) is 9.34.